The third-order valence-electron chi connectivity index (χ3n) is 5.89. The zero-order chi connectivity index (χ0) is 24.2. The third-order valence-corrected chi connectivity index (χ3v) is 7.37. The highest BCUT2D eigenvalue weighted by atomic mass is 35.5. The van der Waals surface area contributed by atoms with Crippen molar-refractivity contribution in [1.82, 2.24) is 4.90 Å². The second-order valence-corrected chi connectivity index (χ2v) is 10.3. The van der Waals surface area contributed by atoms with Gasteiger partial charge in [0.15, 0.2) is 0 Å². The molecule has 0 heterocycles. The van der Waals surface area contributed by atoms with E-state index in [0.29, 0.717) is 16.3 Å². The Morgan fingerprint density at radius 1 is 1.18 bits per heavy atom. The van der Waals surface area contributed by atoms with E-state index in [1.54, 1.807) is 17.0 Å². The van der Waals surface area contributed by atoms with E-state index in [9.17, 15) is 18.0 Å². The van der Waals surface area contributed by atoms with E-state index < -0.39 is 10.1 Å². The zero-order valence-electron chi connectivity index (χ0n) is 19.0. The van der Waals surface area contributed by atoms with E-state index in [1.807, 2.05) is 13.8 Å². The maximum absolute atomic E-state index is 13.0. The molecule has 178 valence electrons. The largest absolute Gasteiger partial charge is 0.379 e. The quantitative estimate of drug-likeness (QED) is 0.497. The normalized spacial score (nSPS) is 14.8. The van der Waals surface area contributed by atoms with E-state index in [1.165, 1.54) is 37.3 Å². The molecule has 1 aliphatic carbocycles. The number of nitrogens with one attached hydrogen (secondary N) is 1. The predicted molar refractivity (Wildman–Crippen MR) is 128 cm³/mol. The molecule has 0 aliphatic heterocycles. The molecule has 1 unspecified atom stereocenters. The molecule has 1 aliphatic rings. The minimum atomic E-state index is -4.14. The van der Waals surface area contributed by atoms with Crippen LogP contribution in [-0.4, -0.2) is 31.2 Å². The number of rotatable bonds is 9. The highest BCUT2D eigenvalue weighted by Crippen LogP contribution is 2.32. The maximum atomic E-state index is 13.0. The number of anilines is 1. The van der Waals surface area contributed by atoms with Crippen LogP contribution in [0.3, 0.4) is 0 Å². The summed E-state index contributed by atoms with van der Waals surface area (Å²) in [6.07, 6.45) is 3.59. The summed E-state index contributed by atoms with van der Waals surface area (Å²) < 4.78 is 31.3. The van der Waals surface area contributed by atoms with Crippen LogP contribution in [-0.2, 0) is 26.3 Å². The lowest BCUT2D eigenvalue weighted by atomic mass is 9.84. The predicted octanol–water partition coefficient (Wildman–Crippen LogP) is 4.99. The molecule has 1 N–H and O–H groups in total. The van der Waals surface area contributed by atoms with Crippen molar-refractivity contribution in [3.8, 4) is 5.75 Å². The second-order valence-electron chi connectivity index (χ2n) is 8.35. The van der Waals surface area contributed by atoms with Crippen LogP contribution in [0.4, 0.5) is 5.69 Å². The van der Waals surface area contributed by atoms with Gasteiger partial charge in [-0.25, -0.2) is 0 Å². The molecule has 0 aromatic heterocycles. The van der Waals surface area contributed by atoms with Crippen molar-refractivity contribution in [2.45, 2.75) is 63.9 Å². The summed E-state index contributed by atoms with van der Waals surface area (Å²) in [6.45, 7) is 5.57. The molecule has 2 aromatic carbocycles. The first kappa shape index (κ1) is 25.1. The van der Waals surface area contributed by atoms with Gasteiger partial charge in [0.1, 0.15) is 10.6 Å². The Morgan fingerprint density at radius 2 is 1.85 bits per heavy atom. The zero-order valence-corrected chi connectivity index (χ0v) is 20.6. The lowest BCUT2D eigenvalue weighted by molar-refractivity contribution is -0.141. The molecule has 0 saturated heterocycles. The lowest BCUT2D eigenvalue weighted by Gasteiger charge is -2.35. The van der Waals surface area contributed by atoms with Crippen molar-refractivity contribution in [2.75, 3.05) is 5.32 Å². The first-order valence-corrected chi connectivity index (χ1v) is 12.8. The SMILES string of the molecule is CCC(C)N(Cc1cc(Cl)ccc1OS(=O)(=O)c1ccc(NC(C)=O)cc1)C(=O)C1CCC1. The fourth-order valence-electron chi connectivity index (χ4n) is 3.57. The molecule has 1 saturated carbocycles. The van der Waals surface area contributed by atoms with Gasteiger partial charge >= 0.3 is 10.1 Å². The number of carbonyl (C=O) groups excluding carboxylic acids is 2. The minimum Gasteiger partial charge on any atom is -0.379 e. The van der Waals surface area contributed by atoms with Crippen molar-refractivity contribution in [1.29, 1.82) is 0 Å². The summed E-state index contributed by atoms with van der Waals surface area (Å²) in [5.41, 5.74) is 1.00. The smallest absolute Gasteiger partial charge is 0.339 e. The van der Waals surface area contributed by atoms with Gasteiger partial charge < -0.3 is 14.4 Å². The number of hydrogen-bond donors (Lipinski definition) is 1. The molecular formula is C24H29ClN2O5S. The Morgan fingerprint density at radius 3 is 2.39 bits per heavy atom. The lowest BCUT2D eigenvalue weighted by Crippen LogP contribution is -2.43. The molecule has 2 amide bonds. The minimum absolute atomic E-state index is 0.0112. The Labute approximate surface area is 200 Å². The molecule has 1 atom stereocenters. The Balaban J connectivity index is 1.86. The first-order chi connectivity index (χ1) is 15.6. The first-order valence-electron chi connectivity index (χ1n) is 11.0. The van der Waals surface area contributed by atoms with Gasteiger partial charge in [0.25, 0.3) is 0 Å². The number of benzene rings is 2. The van der Waals surface area contributed by atoms with Gasteiger partial charge in [-0.15, -0.1) is 0 Å². The molecule has 7 nitrogen and oxygen atoms in total. The average Bonchev–Trinajstić information content (AvgIpc) is 2.71. The third kappa shape index (κ3) is 6.26. The van der Waals surface area contributed by atoms with Crippen LogP contribution in [0, 0.1) is 5.92 Å². The van der Waals surface area contributed by atoms with Crippen molar-refractivity contribution >= 4 is 39.2 Å². The average molecular weight is 493 g/mol. The summed E-state index contributed by atoms with van der Waals surface area (Å²) in [5.74, 6) is -0.0265. The molecule has 0 spiro atoms. The van der Waals surface area contributed by atoms with Crippen LogP contribution >= 0.6 is 11.6 Å². The van der Waals surface area contributed by atoms with Gasteiger partial charge in [-0.3, -0.25) is 9.59 Å². The van der Waals surface area contributed by atoms with Crippen molar-refractivity contribution < 1.29 is 22.2 Å². The summed E-state index contributed by atoms with van der Waals surface area (Å²) in [7, 11) is -4.14. The number of halogens is 1. The number of hydrogen-bond acceptors (Lipinski definition) is 5. The van der Waals surface area contributed by atoms with Crippen LogP contribution < -0.4 is 9.50 Å². The summed E-state index contributed by atoms with van der Waals surface area (Å²) in [4.78, 5) is 26.0. The molecular weight excluding hydrogens is 464 g/mol. The molecule has 1 fully saturated rings. The molecule has 2 aromatic rings. The van der Waals surface area contributed by atoms with Gasteiger partial charge in [-0.1, -0.05) is 24.9 Å². The number of carbonyl (C=O) groups is 2. The summed E-state index contributed by atoms with van der Waals surface area (Å²) in [6, 6.07) is 10.4. The van der Waals surface area contributed by atoms with Crippen LogP contribution in [0.5, 0.6) is 5.75 Å². The van der Waals surface area contributed by atoms with E-state index in [-0.39, 0.29) is 41.0 Å². The van der Waals surface area contributed by atoms with Crippen molar-refractivity contribution in [3.63, 3.8) is 0 Å². The highest BCUT2D eigenvalue weighted by Gasteiger charge is 2.32. The van der Waals surface area contributed by atoms with E-state index in [2.05, 4.69) is 5.32 Å². The van der Waals surface area contributed by atoms with E-state index in [0.717, 1.165) is 25.7 Å². The summed E-state index contributed by atoms with van der Waals surface area (Å²) in [5, 5.41) is 3.01. The Kier molecular flexibility index (Phi) is 8.02. The Bertz CT molecular complexity index is 1110. The molecule has 9 heteroatoms. The fraction of sp³-hybridized carbons (Fsp3) is 0.417. The monoisotopic (exact) mass is 492 g/mol. The van der Waals surface area contributed by atoms with Gasteiger partial charge in [0, 0.05) is 41.7 Å². The van der Waals surface area contributed by atoms with Crippen LogP contribution in [0.1, 0.15) is 52.0 Å². The molecule has 0 bridgehead atoms. The molecule has 3 rings (SSSR count). The van der Waals surface area contributed by atoms with Crippen LogP contribution in [0.25, 0.3) is 0 Å². The summed E-state index contributed by atoms with van der Waals surface area (Å²) >= 11 is 6.20. The fourth-order valence-corrected chi connectivity index (χ4v) is 4.73. The topological polar surface area (TPSA) is 92.8 Å². The number of nitrogens with zero attached hydrogens (tertiary/aromatic N) is 1. The van der Waals surface area contributed by atoms with Gasteiger partial charge in [0.2, 0.25) is 11.8 Å². The van der Waals surface area contributed by atoms with Gasteiger partial charge in [-0.2, -0.15) is 8.42 Å². The molecule has 0 radical (unpaired) electrons. The second kappa shape index (κ2) is 10.6. The van der Waals surface area contributed by atoms with E-state index in [4.69, 9.17) is 15.8 Å². The molecule has 33 heavy (non-hydrogen) atoms. The van der Waals surface area contributed by atoms with Crippen LogP contribution in [0.2, 0.25) is 5.02 Å². The van der Waals surface area contributed by atoms with Gasteiger partial charge in [-0.05, 0) is 68.7 Å². The van der Waals surface area contributed by atoms with Crippen LogP contribution in [0.15, 0.2) is 47.4 Å². The van der Waals surface area contributed by atoms with Gasteiger partial charge in [0.05, 0.1) is 0 Å². The number of amides is 2. The Hall–Kier alpha value is -2.58. The van der Waals surface area contributed by atoms with Crippen molar-refractivity contribution in [3.05, 3.63) is 53.1 Å². The van der Waals surface area contributed by atoms with E-state index >= 15 is 0 Å². The van der Waals surface area contributed by atoms with Crippen molar-refractivity contribution in [2.24, 2.45) is 5.92 Å². The standard InChI is InChI=1S/C24H29ClN2O5S/c1-4-16(2)27(24(29)18-6-5-7-18)15-19-14-20(25)8-13-23(19)32-33(30,31)22-11-9-21(10-12-22)26-17(3)28/h8-14,16,18H,4-7,15H2,1-3H3,(H,26,28). The maximum Gasteiger partial charge on any atom is 0.339 e. The highest BCUT2D eigenvalue weighted by molar-refractivity contribution is 7.87.